The third-order valence-corrected chi connectivity index (χ3v) is 4.47. The molecule has 0 bridgehead atoms. The van der Waals surface area contributed by atoms with Crippen molar-refractivity contribution in [1.29, 1.82) is 0 Å². The maximum atomic E-state index is 11.6. The lowest BCUT2D eigenvalue weighted by Crippen LogP contribution is -2.24. The van der Waals surface area contributed by atoms with Gasteiger partial charge < -0.3 is 0 Å². The molecule has 1 heterocycles. The highest BCUT2D eigenvalue weighted by atomic mass is 79.9. The molecule has 1 fully saturated rings. The van der Waals surface area contributed by atoms with Gasteiger partial charge in [0.2, 0.25) is 10.0 Å². The van der Waals surface area contributed by atoms with Crippen LogP contribution >= 0.6 is 15.9 Å². The molecular weight excluding hydrogens is 266 g/mol. The number of halogens is 1. The minimum Gasteiger partial charge on any atom is -0.270 e. The fourth-order valence-electron chi connectivity index (χ4n) is 1.48. The van der Waals surface area contributed by atoms with Gasteiger partial charge in [0.1, 0.15) is 0 Å². The van der Waals surface area contributed by atoms with Crippen LogP contribution in [0, 0.1) is 6.07 Å². The predicted molar refractivity (Wildman–Crippen MR) is 58.7 cm³/mol. The molecule has 3 nitrogen and oxygen atoms in total. The Hall–Kier alpha value is -0.550. The van der Waals surface area contributed by atoms with E-state index >= 15 is 0 Å². The van der Waals surface area contributed by atoms with Crippen molar-refractivity contribution < 1.29 is 8.42 Å². The van der Waals surface area contributed by atoms with E-state index in [1.807, 2.05) is 6.07 Å². The molecule has 1 aromatic carbocycles. The topological polar surface area (TPSA) is 37.4 Å². The van der Waals surface area contributed by atoms with Gasteiger partial charge in [-0.15, -0.1) is 0 Å². The molecule has 0 saturated carbocycles. The van der Waals surface area contributed by atoms with E-state index < -0.39 is 10.0 Å². The van der Waals surface area contributed by atoms with Crippen LogP contribution in [0.3, 0.4) is 0 Å². The molecule has 1 aliphatic rings. The van der Waals surface area contributed by atoms with E-state index in [-0.39, 0.29) is 5.75 Å². The summed E-state index contributed by atoms with van der Waals surface area (Å²) < 4.78 is 25.4. The van der Waals surface area contributed by atoms with Crippen LogP contribution in [0.4, 0.5) is 5.69 Å². The first-order chi connectivity index (χ1) is 6.59. The minimum atomic E-state index is -3.08. The van der Waals surface area contributed by atoms with E-state index in [0.29, 0.717) is 18.7 Å². The van der Waals surface area contributed by atoms with Gasteiger partial charge in [-0.05, 0) is 18.6 Å². The number of sulfonamides is 1. The normalized spacial score (nSPS) is 19.9. The summed E-state index contributed by atoms with van der Waals surface area (Å²) in [6.45, 7) is 0.565. The molecular formula is C9H9BrNO2S. The summed E-state index contributed by atoms with van der Waals surface area (Å²) in [7, 11) is -3.08. The number of anilines is 1. The van der Waals surface area contributed by atoms with Gasteiger partial charge in [-0.3, -0.25) is 4.31 Å². The lowest BCUT2D eigenvalue weighted by Gasteiger charge is -2.16. The molecule has 14 heavy (non-hydrogen) atoms. The van der Waals surface area contributed by atoms with Crippen molar-refractivity contribution in [2.45, 2.75) is 6.42 Å². The van der Waals surface area contributed by atoms with Crippen molar-refractivity contribution in [2.24, 2.45) is 0 Å². The van der Waals surface area contributed by atoms with Crippen LogP contribution in [-0.4, -0.2) is 20.7 Å². The van der Waals surface area contributed by atoms with E-state index in [2.05, 4.69) is 22.0 Å². The summed E-state index contributed by atoms with van der Waals surface area (Å²) in [5.74, 6) is 0.243. The van der Waals surface area contributed by atoms with E-state index in [0.717, 1.165) is 4.47 Å². The van der Waals surface area contributed by atoms with Crippen molar-refractivity contribution in [3.8, 4) is 0 Å². The zero-order valence-electron chi connectivity index (χ0n) is 7.40. The Balaban J connectivity index is 2.41. The van der Waals surface area contributed by atoms with Gasteiger partial charge in [-0.1, -0.05) is 22.0 Å². The molecule has 0 aliphatic carbocycles. The molecule has 0 amide bonds. The van der Waals surface area contributed by atoms with Crippen molar-refractivity contribution >= 4 is 31.6 Å². The highest BCUT2D eigenvalue weighted by molar-refractivity contribution is 9.10. The number of hydrogen-bond acceptors (Lipinski definition) is 2. The Bertz CT molecular complexity index is 444. The quantitative estimate of drug-likeness (QED) is 0.783. The summed E-state index contributed by atoms with van der Waals surface area (Å²) in [4.78, 5) is 0. The molecule has 0 aromatic heterocycles. The van der Waals surface area contributed by atoms with E-state index in [1.165, 1.54) is 4.31 Å². The van der Waals surface area contributed by atoms with Crippen LogP contribution in [0.15, 0.2) is 22.7 Å². The highest BCUT2D eigenvalue weighted by Gasteiger charge is 2.28. The van der Waals surface area contributed by atoms with Crippen molar-refractivity contribution in [3.63, 3.8) is 0 Å². The fourth-order valence-corrected chi connectivity index (χ4v) is 3.36. The maximum Gasteiger partial charge on any atom is 0.235 e. The lowest BCUT2D eigenvalue weighted by atomic mass is 10.3. The molecule has 5 heteroatoms. The summed E-state index contributed by atoms with van der Waals surface area (Å²) >= 11 is 3.31. The van der Waals surface area contributed by atoms with Gasteiger partial charge in [0, 0.05) is 17.1 Å². The second-order valence-corrected chi connectivity index (χ2v) is 6.06. The van der Waals surface area contributed by atoms with Crippen LogP contribution in [-0.2, 0) is 10.0 Å². The molecule has 1 aliphatic heterocycles. The van der Waals surface area contributed by atoms with Crippen LogP contribution in [0.5, 0.6) is 0 Å². The second-order valence-electron chi connectivity index (χ2n) is 3.13. The zero-order valence-corrected chi connectivity index (χ0v) is 9.81. The zero-order chi connectivity index (χ0) is 10.2. The average molecular weight is 275 g/mol. The SMILES string of the molecule is O=S1(=O)CCCN1c1[c]ccc(Br)c1. The summed E-state index contributed by atoms with van der Waals surface area (Å²) in [5.41, 5.74) is 0.622. The number of hydrogen-bond donors (Lipinski definition) is 0. The molecule has 75 valence electrons. The number of benzene rings is 1. The van der Waals surface area contributed by atoms with Crippen molar-refractivity contribution in [1.82, 2.24) is 0 Å². The Morgan fingerprint density at radius 2 is 2.29 bits per heavy atom. The largest absolute Gasteiger partial charge is 0.270 e. The van der Waals surface area contributed by atoms with Gasteiger partial charge >= 0.3 is 0 Å². The van der Waals surface area contributed by atoms with E-state index in [9.17, 15) is 8.42 Å². The maximum absolute atomic E-state index is 11.6. The van der Waals surface area contributed by atoms with Gasteiger partial charge in [0.15, 0.2) is 0 Å². The molecule has 1 aromatic rings. The van der Waals surface area contributed by atoms with Crippen LogP contribution in [0.25, 0.3) is 0 Å². The predicted octanol–water partition coefficient (Wildman–Crippen LogP) is 1.79. The van der Waals surface area contributed by atoms with Gasteiger partial charge in [-0.25, -0.2) is 8.42 Å². The Morgan fingerprint density at radius 1 is 1.50 bits per heavy atom. The van der Waals surface area contributed by atoms with E-state index in [4.69, 9.17) is 0 Å². The summed E-state index contributed by atoms with van der Waals surface area (Å²) in [6, 6.07) is 8.23. The van der Waals surface area contributed by atoms with Gasteiger partial charge in [-0.2, -0.15) is 0 Å². The molecule has 0 spiro atoms. The first-order valence-corrected chi connectivity index (χ1v) is 6.67. The Morgan fingerprint density at radius 3 is 2.86 bits per heavy atom. The van der Waals surface area contributed by atoms with Gasteiger partial charge in [0.25, 0.3) is 0 Å². The average Bonchev–Trinajstić information content (AvgIpc) is 2.45. The smallest absolute Gasteiger partial charge is 0.235 e. The Labute approximate surface area is 91.9 Å². The first-order valence-electron chi connectivity index (χ1n) is 4.27. The molecule has 0 atom stereocenters. The van der Waals surface area contributed by atoms with E-state index in [1.54, 1.807) is 12.1 Å². The third-order valence-electron chi connectivity index (χ3n) is 2.12. The molecule has 0 unspecified atom stereocenters. The molecule has 1 saturated heterocycles. The summed E-state index contributed by atoms with van der Waals surface area (Å²) in [6.07, 6.45) is 0.697. The summed E-state index contributed by atoms with van der Waals surface area (Å²) in [5, 5.41) is 0. The van der Waals surface area contributed by atoms with Crippen LogP contribution in [0.2, 0.25) is 0 Å². The van der Waals surface area contributed by atoms with Gasteiger partial charge in [0.05, 0.1) is 11.4 Å². The molecule has 2 rings (SSSR count). The number of rotatable bonds is 1. The van der Waals surface area contributed by atoms with Crippen LogP contribution < -0.4 is 4.31 Å². The first kappa shape index (κ1) is 9.98. The molecule has 0 N–H and O–H groups in total. The highest BCUT2D eigenvalue weighted by Crippen LogP contribution is 2.25. The van der Waals surface area contributed by atoms with Crippen molar-refractivity contribution in [2.75, 3.05) is 16.6 Å². The fraction of sp³-hybridized carbons (Fsp3) is 0.333. The standard InChI is InChI=1S/C9H9BrNO2S/c10-8-3-1-4-9(7-8)11-5-2-6-14(11,12)13/h1,3,7H,2,5-6H2. The monoisotopic (exact) mass is 274 g/mol. The Kier molecular flexibility index (Phi) is 2.53. The van der Waals surface area contributed by atoms with Crippen LogP contribution in [0.1, 0.15) is 6.42 Å². The third kappa shape index (κ3) is 1.79. The lowest BCUT2D eigenvalue weighted by molar-refractivity contribution is 0.599. The van der Waals surface area contributed by atoms with Crippen molar-refractivity contribution in [3.05, 3.63) is 28.7 Å². The number of nitrogens with zero attached hydrogens (tertiary/aromatic N) is 1. The second kappa shape index (κ2) is 3.55. The molecule has 1 radical (unpaired) electrons. The minimum absolute atomic E-state index is 0.243.